The van der Waals surface area contributed by atoms with Crippen molar-refractivity contribution in [3.63, 3.8) is 0 Å². The molecular weight excluding hydrogens is 269 g/mol. The summed E-state index contributed by atoms with van der Waals surface area (Å²) in [7, 11) is 1.47. The van der Waals surface area contributed by atoms with Gasteiger partial charge in [0.1, 0.15) is 0 Å². The highest BCUT2D eigenvalue weighted by Crippen LogP contribution is 2.32. The molecule has 1 fully saturated rings. The van der Waals surface area contributed by atoms with Gasteiger partial charge >= 0.3 is 5.97 Å². The van der Waals surface area contributed by atoms with Crippen molar-refractivity contribution in [1.82, 2.24) is 5.32 Å². The van der Waals surface area contributed by atoms with E-state index >= 15 is 0 Å². The van der Waals surface area contributed by atoms with Crippen LogP contribution in [0.2, 0.25) is 0 Å². The number of carbonyl (C=O) groups excluding carboxylic acids is 1. The van der Waals surface area contributed by atoms with Gasteiger partial charge in [0.25, 0.3) is 0 Å². The molecule has 0 aromatic rings. The highest BCUT2D eigenvalue weighted by molar-refractivity contribution is 14.1. The van der Waals surface area contributed by atoms with Gasteiger partial charge in [-0.15, -0.1) is 0 Å². The standard InChI is InChI=1S/C8H14INO2/c1-12-7(11)8(6-9)2-4-10-5-3-8/h10H,2-6H2,1H3. The Balaban J connectivity index is 2.66. The summed E-state index contributed by atoms with van der Waals surface area (Å²) in [6.45, 7) is 1.86. The Hall–Kier alpha value is 0.160. The third kappa shape index (κ3) is 1.90. The fourth-order valence-electron chi connectivity index (χ4n) is 1.51. The predicted octanol–water partition coefficient (Wildman–Crippen LogP) is 0.964. The van der Waals surface area contributed by atoms with Gasteiger partial charge in [0.2, 0.25) is 0 Å². The van der Waals surface area contributed by atoms with Gasteiger partial charge in [0.15, 0.2) is 0 Å². The van der Waals surface area contributed by atoms with Gasteiger partial charge in [-0.1, -0.05) is 22.6 Å². The fraction of sp³-hybridized carbons (Fsp3) is 0.875. The van der Waals surface area contributed by atoms with Crippen molar-refractivity contribution in [3.05, 3.63) is 0 Å². The van der Waals surface area contributed by atoms with Gasteiger partial charge in [-0.25, -0.2) is 0 Å². The third-order valence-electron chi connectivity index (χ3n) is 2.43. The minimum Gasteiger partial charge on any atom is -0.469 e. The van der Waals surface area contributed by atoms with Gasteiger partial charge in [-0.05, 0) is 25.9 Å². The van der Waals surface area contributed by atoms with E-state index in [4.69, 9.17) is 4.74 Å². The van der Waals surface area contributed by atoms with E-state index in [2.05, 4.69) is 27.9 Å². The average molecular weight is 283 g/mol. The van der Waals surface area contributed by atoms with E-state index in [1.165, 1.54) is 7.11 Å². The Kier molecular flexibility index (Phi) is 3.77. The Bertz CT molecular complexity index is 166. The number of alkyl halides is 1. The topological polar surface area (TPSA) is 38.3 Å². The van der Waals surface area contributed by atoms with Crippen molar-refractivity contribution >= 4 is 28.6 Å². The van der Waals surface area contributed by atoms with Crippen molar-refractivity contribution in [1.29, 1.82) is 0 Å². The SMILES string of the molecule is COC(=O)C1(CI)CCNCC1. The number of esters is 1. The number of ether oxygens (including phenoxy) is 1. The molecule has 0 aromatic heterocycles. The first kappa shape index (κ1) is 10.2. The lowest BCUT2D eigenvalue weighted by Crippen LogP contribution is -2.43. The number of carbonyl (C=O) groups is 1. The molecule has 0 spiro atoms. The lowest BCUT2D eigenvalue weighted by atomic mass is 9.81. The molecule has 0 amide bonds. The van der Waals surface area contributed by atoms with Crippen LogP contribution in [-0.4, -0.2) is 30.6 Å². The zero-order valence-electron chi connectivity index (χ0n) is 7.23. The number of hydrogen-bond donors (Lipinski definition) is 1. The highest BCUT2D eigenvalue weighted by atomic mass is 127. The molecule has 1 saturated heterocycles. The normalized spacial score (nSPS) is 21.8. The summed E-state index contributed by atoms with van der Waals surface area (Å²) in [5.41, 5.74) is -0.208. The van der Waals surface area contributed by atoms with E-state index in [1.54, 1.807) is 0 Å². The molecule has 12 heavy (non-hydrogen) atoms. The fourth-order valence-corrected chi connectivity index (χ4v) is 2.59. The molecule has 1 rings (SSSR count). The molecule has 1 heterocycles. The molecule has 0 saturated carbocycles. The second-order valence-corrected chi connectivity index (χ2v) is 3.92. The Morgan fingerprint density at radius 1 is 1.58 bits per heavy atom. The third-order valence-corrected chi connectivity index (χ3v) is 3.90. The Morgan fingerprint density at radius 3 is 2.58 bits per heavy atom. The average Bonchev–Trinajstić information content (AvgIpc) is 2.17. The lowest BCUT2D eigenvalue weighted by Gasteiger charge is -2.32. The van der Waals surface area contributed by atoms with Gasteiger partial charge in [0, 0.05) is 4.43 Å². The summed E-state index contributed by atoms with van der Waals surface area (Å²) in [5.74, 6) is -0.0431. The number of halogens is 1. The quantitative estimate of drug-likeness (QED) is 0.466. The Labute approximate surface area is 86.4 Å². The summed E-state index contributed by atoms with van der Waals surface area (Å²) in [4.78, 5) is 11.5. The molecule has 0 bridgehead atoms. The minimum atomic E-state index is -0.208. The first-order valence-corrected chi connectivity index (χ1v) is 5.63. The molecular formula is C8H14INO2. The first-order valence-electron chi connectivity index (χ1n) is 4.10. The maximum atomic E-state index is 11.5. The van der Waals surface area contributed by atoms with E-state index in [0.29, 0.717) is 0 Å². The number of hydrogen-bond acceptors (Lipinski definition) is 3. The number of piperidine rings is 1. The van der Waals surface area contributed by atoms with Gasteiger partial charge < -0.3 is 10.1 Å². The van der Waals surface area contributed by atoms with E-state index in [9.17, 15) is 4.79 Å². The van der Waals surface area contributed by atoms with Crippen LogP contribution in [0.1, 0.15) is 12.8 Å². The number of rotatable bonds is 2. The van der Waals surface area contributed by atoms with Crippen molar-refractivity contribution in [2.75, 3.05) is 24.6 Å². The minimum absolute atomic E-state index is 0.0431. The molecule has 70 valence electrons. The van der Waals surface area contributed by atoms with Gasteiger partial charge in [0.05, 0.1) is 12.5 Å². The monoisotopic (exact) mass is 283 g/mol. The second-order valence-electron chi connectivity index (χ2n) is 3.16. The van der Waals surface area contributed by atoms with Crippen LogP contribution in [0, 0.1) is 5.41 Å². The molecule has 0 unspecified atom stereocenters. The zero-order valence-corrected chi connectivity index (χ0v) is 9.39. The lowest BCUT2D eigenvalue weighted by molar-refractivity contribution is -0.152. The molecule has 1 N–H and O–H groups in total. The van der Waals surface area contributed by atoms with Crippen molar-refractivity contribution < 1.29 is 9.53 Å². The van der Waals surface area contributed by atoms with Crippen LogP contribution in [0.5, 0.6) is 0 Å². The Morgan fingerprint density at radius 2 is 2.17 bits per heavy atom. The van der Waals surface area contributed by atoms with Crippen LogP contribution in [0.25, 0.3) is 0 Å². The molecule has 1 aliphatic rings. The number of nitrogens with one attached hydrogen (secondary N) is 1. The summed E-state index contributed by atoms with van der Waals surface area (Å²) < 4.78 is 5.67. The largest absolute Gasteiger partial charge is 0.469 e. The van der Waals surface area contributed by atoms with Crippen LogP contribution in [0.15, 0.2) is 0 Å². The van der Waals surface area contributed by atoms with Crippen LogP contribution >= 0.6 is 22.6 Å². The molecule has 0 aromatic carbocycles. The summed E-state index contributed by atoms with van der Waals surface area (Å²) in [6, 6.07) is 0. The summed E-state index contributed by atoms with van der Waals surface area (Å²) in [6.07, 6.45) is 1.81. The van der Waals surface area contributed by atoms with Crippen LogP contribution in [0.4, 0.5) is 0 Å². The van der Waals surface area contributed by atoms with Crippen molar-refractivity contribution in [2.24, 2.45) is 5.41 Å². The predicted molar refractivity (Wildman–Crippen MR) is 55.4 cm³/mol. The van der Waals surface area contributed by atoms with Crippen LogP contribution in [0.3, 0.4) is 0 Å². The van der Waals surface area contributed by atoms with E-state index in [-0.39, 0.29) is 11.4 Å². The summed E-state index contributed by atoms with van der Waals surface area (Å²) >= 11 is 2.27. The van der Waals surface area contributed by atoms with Crippen LogP contribution in [-0.2, 0) is 9.53 Å². The number of methoxy groups -OCH3 is 1. The molecule has 0 aliphatic carbocycles. The molecule has 0 radical (unpaired) electrons. The van der Waals surface area contributed by atoms with Crippen molar-refractivity contribution in [2.45, 2.75) is 12.8 Å². The summed E-state index contributed by atoms with van der Waals surface area (Å²) in [5, 5.41) is 3.24. The highest BCUT2D eigenvalue weighted by Gasteiger charge is 2.39. The molecule has 4 heteroatoms. The second kappa shape index (κ2) is 4.41. The first-order chi connectivity index (χ1) is 5.75. The van der Waals surface area contributed by atoms with E-state index in [0.717, 1.165) is 30.4 Å². The van der Waals surface area contributed by atoms with Gasteiger partial charge in [-0.2, -0.15) is 0 Å². The smallest absolute Gasteiger partial charge is 0.312 e. The van der Waals surface area contributed by atoms with Crippen molar-refractivity contribution in [3.8, 4) is 0 Å². The molecule has 0 atom stereocenters. The maximum Gasteiger partial charge on any atom is 0.312 e. The zero-order chi connectivity index (χ0) is 9.03. The molecule has 1 aliphatic heterocycles. The van der Waals surface area contributed by atoms with E-state index in [1.807, 2.05) is 0 Å². The van der Waals surface area contributed by atoms with Gasteiger partial charge in [-0.3, -0.25) is 4.79 Å². The maximum absolute atomic E-state index is 11.5. The van der Waals surface area contributed by atoms with E-state index < -0.39 is 0 Å². The van der Waals surface area contributed by atoms with Crippen LogP contribution < -0.4 is 5.32 Å². The molecule has 3 nitrogen and oxygen atoms in total.